The minimum absolute atomic E-state index is 0.272. The van der Waals surface area contributed by atoms with Gasteiger partial charge in [0.25, 0.3) is 0 Å². The van der Waals surface area contributed by atoms with Crippen molar-refractivity contribution in [2.24, 2.45) is 0 Å². The Morgan fingerprint density at radius 1 is 1.50 bits per heavy atom. The quantitative estimate of drug-likeness (QED) is 0.765. The molecule has 0 amide bonds. The second-order valence-electron chi connectivity index (χ2n) is 4.25. The summed E-state index contributed by atoms with van der Waals surface area (Å²) in [7, 11) is 1.71. The van der Waals surface area contributed by atoms with Crippen molar-refractivity contribution in [3.8, 4) is 5.75 Å². The van der Waals surface area contributed by atoms with Crippen LogP contribution in [0.5, 0.6) is 5.75 Å². The number of benzene rings is 1. The molecule has 0 saturated carbocycles. The average molecular weight is 221 g/mol. The number of methoxy groups -OCH3 is 1. The Kier molecular flexibility index (Phi) is 3.80. The highest BCUT2D eigenvalue weighted by atomic mass is 16.5. The van der Waals surface area contributed by atoms with E-state index >= 15 is 0 Å². The van der Waals surface area contributed by atoms with Crippen molar-refractivity contribution in [2.75, 3.05) is 26.8 Å². The van der Waals surface area contributed by atoms with Crippen LogP contribution in [-0.2, 0) is 11.2 Å². The second kappa shape index (κ2) is 5.32. The van der Waals surface area contributed by atoms with E-state index in [1.807, 2.05) is 0 Å². The lowest BCUT2D eigenvalue weighted by Gasteiger charge is -2.11. The summed E-state index contributed by atoms with van der Waals surface area (Å²) in [5.74, 6) is 1.05. The lowest BCUT2D eigenvalue weighted by Crippen LogP contribution is -2.32. The Bertz CT molecular complexity index is 352. The van der Waals surface area contributed by atoms with E-state index in [1.165, 1.54) is 11.1 Å². The first-order chi connectivity index (χ1) is 7.79. The standard InChI is InChI=1S/C13H19NO2/c1-10-3-4-13-11(7-10)8-12(16-13)9-14-5-6-15-2/h3-4,7,12,14H,5-6,8-9H2,1-2H3. The largest absolute Gasteiger partial charge is 0.488 e. The monoisotopic (exact) mass is 221 g/mol. The average Bonchev–Trinajstić information content (AvgIpc) is 2.66. The van der Waals surface area contributed by atoms with Gasteiger partial charge in [0.05, 0.1) is 6.61 Å². The van der Waals surface area contributed by atoms with E-state index in [0.717, 1.165) is 31.9 Å². The van der Waals surface area contributed by atoms with Gasteiger partial charge in [-0.2, -0.15) is 0 Å². The Morgan fingerprint density at radius 3 is 3.19 bits per heavy atom. The summed E-state index contributed by atoms with van der Waals surface area (Å²) in [5.41, 5.74) is 2.63. The van der Waals surface area contributed by atoms with E-state index in [4.69, 9.17) is 9.47 Å². The third-order valence-electron chi connectivity index (χ3n) is 2.81. The van der Waals surface area contributed by atoms with Crippen LogP contribution in [0, 0.1) is 6.92 Å². The lowest BCUT2D eigenvalue weighted by molar-refractivity contribution is 0.186. The molecule has 1 heterocycles. The molecule has 0 fully saturated rings. The number of aryl methyl sites for hydroxylation is 1. The van der Waals surface area contributed by atoms with E-state index < -0.39 is 0 Å². The molecule has 1 aliphatic heterocycles. The van der Waals surface area contributed by atoms with Gasteiger partial charge in [-0.05, 0) is 18.6 Å². The molecule has 1 unspecified atom stereocenters. The smallest absolute Gasteiger partial charge is 0.123 e. The van der Waals surface area contributed by atoms with Crippen molar-refractivity contribution in [2.45, 2.75) is 19.4 Å². The van der Waals surface area contributed by atoms with Crippen molar-refractivity contribution < 1.29 is 9.47 Å². The SMILES string of the molecule is COCCNCC1Cc2cc(C)ccc2O1. The van der Waals surface area contributed by atoms with E-state index in [2.05, 4.69) is 30.4 Å². The fourth-order valence-corrected chi connectivity index (χ4v) is 2.00. The maximum absolute atomic E-state index is 5.84. The second-order valence-corrected chi connectivity index (χ2v) is 4.25. The fourth-order valence-electron chi connectivity index (χ4n) is 2.00. The molecule has 0 bridgehead atoms. The molecule has 1 aromatic carbocycles. The van der Waals surface area contributed by atoms with Crippen molar-refractivity contribution in [3.63, 3.8) is 0 Å². The minimum Gasteiger partial charge on any atom is -0.488 e. The zero-order valence-corrected chi connectivity index (χ0v) is 9.95. The van der Waals surface area contributed by atoms with Gasteiger partial charge in [-0.3, -0.25) is 0 Å². The first-order valence-electron chi connectivity index (χ1n) is 5.75. The van der Waals surface area contributed by atoms with Gasteiger partial charge in [0.2, 0.25) is 0 Å². The predicted octanol–water partition coefficient (Wildman–Crippen LogP) is 1.53. The molecule has 0 saturated heterocycles. The Labute approximate surface area is 96.8 Å². The first-order valence-corrected chi connectivity index (χ1v) is 5.75. The van der Waals surface area contributed by atoms with Gasteiger partial charge in [-0.1, -0.05) is 17.7 Å². The number of fused-ring (bicyclic) bond motifs is 1. The van der Waals surface area contributed by atoms with Crippen LogP contribution in [0.3, 0.4) is 0 Å². The Hall–Kier alpha value is -1.06. The molecule has 3 heteroatoms. The van der Waals surface area contributed by atoms with Crippen LogP contribution in [0.1, 0.15) is 11.1 Å². The molecule has 88 valence electrons. The predicted molar refractivity (Wildman–Crippen MR) is 64.0 cm³/mol. The Morgan fingerprint density at radius 2 is 2.38 bits per heavy atom. The van der Waals surface area contributed by atoms with Gasteiger partial charge >= 0.3 is 0 Å². The maximum atomic E-state index is 5.84. The first kappa shape index (κ1) is 11.4. The summed E-state index contributed by atoms with van der Waals surface area (Å²) in [4.78, 5) is 0. The van der Waals surface area contributed by atoms with E-state index in [0.29, 0.717) is 0 Å². The summed E-state index contributed by atoms with van der Waals surface area (Å²) >= 11 is 0. The summed E-state index contributed by atoms with van der Waals surface area (Å²) in [6, 6.07) is 6.38. The molecule has 0 aliphatic carbocycles. The van der Waals surface area contributed by atoms with Crippen LogP contribution < -0.4 is 10.1 Å². The van der Waals surface area contributed by atoms with Gasteiger partial charge in [0.1, 0.15) is 11.9 Å². The van der Waals surface area contributed by atoms with Gasteiger partial charge < -0.3 is 14.8 Å². The van der Waals surface area contributed by atoms with Crippen LogP contribution in [0.25, 0.3) is 0 Å². The molecular formula is C13H19NO2. The summed E-state index contributed by atoms with van der Waals surface area (Å²) in [5, 5.41) is 3.33. The summed E-state index contributed by atoms with van der Waals surface area (Å²) in [6.07, 6.45) is 1.28. The third-order valence-corrected chi connectivity index (χ3v) is 2.81. The molecule has 0 radical (unpaired) electrons. The zero-order chi connectivity index (χ0) is 11.4. The molecule has 0 spiro atoms. The van der Waals surface area contributed by atoms with Crippen molar-refractivity contribution >= 4 is 0 Å². The molecule has 2 rings (SSSR count). The van der Waals surface area contributed by atoms with E-state index in [1.54, 1.807) is 7.11 Å². The van der Waals surface area contributed by atoms with Gasteiger partial charge in [-0.15, -0.1) is 0 Å². The maximum Gasteiger partial charge on any atom is 0.123 e. The topological polar surface area (TPSA) is 30.5 Å². The zero-order valence-electron chi connectivity index (χ0n) is 9.95. The fraction of sp³-hybridized carbons (Fsp3) is 0.538. The number of ether oxygens (including phenoxy) is 2. The van der Waals surface area contributed by atoms with Crippen molar-refractivity contribution in [3.05, 3.63) is 29.3 Å². The Balaban J connectivity index is 1.81. The normalized spacial score (nSPS) is 18.2. The van der Waals surface area contributed by atoms with Crippen molar-refractivity contribution in [1.29, 1.82) is 0 Å². The molecule has 3 nitrogen and oxygen atoms in total. The molecular weight excluding hydrogens is 202 g/mol. The lowest BCUT2D eigenvalue weighted by atomic mass is 10.1. The molecule has 1 aromatic rings. The van der Waals surface area contributed by atoms with Crippen LogP contribution >= 0.6 is 0 Å². The highest BCUT2D eigenvalue weighted by Gasteiger charge is 2.21. The third kappa shape index (κ3) is 2.74. The van der Waals surface area contributed by atoms with Gasteiger partial charge in [0, 0.05) is 26.6 Å². The van der Waals surface area contributed by atoms with Gasteiger partial charge in [0.15, 0.2) is 0 Å². The highest BCUT2D eigenvalue weighted by molar-refractivity contribution is 5.40. The van der Waals surface area contributed by atoms with Gasteiger partial charge in [-0.25, -0.2) is 0 Å². The summed E-state index contributed by atoms with van der Waals surface area (Å²) < 4.78 is 10.8. The minimum atomic E-state index is 0.272. The molecule has 1 N–H and O–H groups in total. The molecule has 1 atom stereocenters. The summed E-state index contributed by atoms with van der Waals surface area (Å²) in [6.45, 7) is 4.63. The molecule has 0 aromatic heterocycles. The van der Waals surface area contributed by atoms with E-state index in [-0.39, 0.29) is 6.10 Å². The van der Waals surface area contributed by atoms with E-state index in [9.17, 15) is 0 Å². The molecule has 1 aliphatic rings. The highest BCUT2D eigenvalue weighted by Crippen LogP contribution is 2.29. The number of hydrogen-bond acceptors (Lipinski definition) is 3. The number of nitrogens with one attached hydrogen (secondary N) is 1. The van der Waals surface area contributed by atoms with Crippen molar-refractivity contribution in [1.82, 2.24) is 5.32 Å². The number of rotatable bonds is 5. The van der Waals surface area contributed by atoms with Crippen LogP contribution in [0.15, 0.2) is 18.2 Å². The molecule has 16 heavy (non-hydrogen) atoms. The number of hydrogen-bond donors (Lipinski definition) is 1. The van der Waals surface area contributed by atoms with Crippen LogP contribution in [0.2, 0.25) is 0 Å². The van der Waals surface area contributed by atoms with Crippen LogP contribution in [0.4, 0.5) is 0 Å². The van der Waals surface area contributed by atoms with Crippen LogP contribution in [-0.4, -0.2) is 32.9 Å².